The molecule has 4 rings (SSSR count). The maximum atomic E-state index is 13.2. The molecule has 3 N–H and O–H groups in total. The third-order valence-electron chi connectivity index (χ3n) is 5.18. The van der Waals surface area contributed by atoms with Crippen LogP contribution in [0.3, 0.4) is 0 Å². The number of nitrogens with one attached hydrogen (secondary N) is 2. The summed E-state index contributed by atoms with van der Waals surface area (Å²) < 4.78 is 0. The van der Waals surface area contributed by atoms with Crippen LogP contribution in [0.5, 0.6) is 0 Å². The van der Waals surface area contributed by atoms with Crippen LogP contribution in [0.25, 0.3) is 0 Å². The first-order chi connectivity index (χ1) is 12.2. The lowest BCUT2D eigenvalue weighted by molar-refractivity contribution is -0.122. The van der Waals surface area contributed by atoms with E-state index in [1.54, 1.807) is 29.7 Å². The van der Waals surface area contributed by atoms with Crippen molar-refractivity contribution in [2.75, 3.05) is 18.0 Å². The minimum Gasteiger partial charge on any atom is -0.315 e. The molecule has 128 valence electrons. The number of rotatable bonds is 3. The van der Waals surface area contributed by atoms with Crippen LogP contribution in [0, 0.1) is 0 Å². The van der Waals surface area contributed by atoms with E-state index < -0.39 is 11.3 Å². The fraction of sp³-hybridized carbons (Fsp3) is 0.263. The largest absolute Gasteiger partial charge is 0.315 e. The molecule has 1 saturated heterocycles. The lowest BCUT2D eigenvalue weighted by Gasteiger charge is -2.23. The fourth-order valence-corrected chi connectivity index (χ4v) is 3.87. The van der Waals surface area contributed by atoms with Gasteiger partial charge in [0.2, 0.25) is 5.91 Å². The minimum absolute atomic E-state index is 0.135. The highest BCUT2D eigenvalue weighted by molar-refractivity contribution is 6.08. The van der Waals surface area contributed by atoms with Gasteiger partial charge in [0.15, 0.2) is 0 Å². The number of carbonyl (C=O) groups is 2. The molecule has 0 aromatic heterocycles. The van der Waals surface area contributed by atoms with Crippen molar-refractivity contribution in [3.05, 3.63) is 65.2 Å². The molecular formula is C19H19N3O3. The van der Waals surface area contributed by atoms with E-state index in [0.29, 0.717) is 18.7 Å². The zero-order valence-corrected chi connectivity index (χ0v) is 13.7. The summed E-state index contributed by atoms with van der Waals surface area (Å²) in [6, 6.07) is 14.9. The number of amides is 2. The molecule has 2 amide bonds. The average Bonchev–Trinajstić information content (AvgIpc) is 3.23. The number of anilines is 1. The molecule has 1 fully saturated rings. The maximum absolute atomic E-state index is 13.2. The third kappa shape index (κ3) is 2.42. The SMILES string of the molecule is O=C(NO)c1ccc(CN2C(=O)C3(CCNC3)c3ccccc32)cc1. The van der Waals surface area contributed by atoms with E-state index in [2.05, 4.69) is 11.4 Å². The van der Waals surface area contributed by atoms with Crippen LogP contribution in [-0.2, 0) is 16.8 Å². The molecule has 1 atom stereocenters. The summed E-state index contributed by atoms with van der Waals surface area (Å²) in [6.07, 6.45) is 0.814. The average molecular weight is 337 g/mol. The summed E-state index contributed by atoms with van der Waals surface area (Å²) in [6.45, 7) is 1.98. The predicted octanol–water partition coefficient (Wildman–Crippen LogP) is 1.58. The summed E-state index contributed by atoms with van der Waals surface area (Å²) in [5.74, 6) is -0.416. The molecule has 6 heteroatoms. The first-order valence-corrected chi connectivity index (χ1v) is 8.31. The number of hydrogen-bond donors (Lipinski definition) is 3. The Morgan fingerprint density at radius 2 is 1.96 bits per heavy atom. The van der Waals surface area contributed by atoms with Gasteiger partial charge < -0.3 is 10.2 Å². The quantitative estimate of drug-likeness (QED) is 0.587. The van der Waals surface area contributed by atoms with Crippen molar-refractivity contribution in [3.63, 3.8) is 0 Å². The number of fused-ring (bicyclic) bond motifs is 2. The molecular weight excluding hydrogens is 318 g/mol. The monoisotopic (exact) mass is 337 g/mol. The zero-order valence-electron chi connectivity index (χ0n) is 13.7. The van der Waals surface area contributed by atoms with Crippen molar-refractivity contribution in [1.29, 1.82) is 0 Å². The second-order valence-electron chi connectivity index (χ2n) is 6.56. The maximum Gasteiger partial charge on any atom is 0.274 e. The molecule has 1 unspecified atom stereocenters. The summed E-state index contributed by atoms with van der Waals surface area (Å²) in [5.41, 5.74) is 4.53. The number of benzene rings is 2. The van der Waals surface area contributed by atoms with Crippen molar-refractivity contribution in [2.45, 2.75) is 18.4 Å². The van der Waals surface area contributed by atoms with Crippen molar-refractivity contribution in [2.24, 2.45) is 0 Å². The Kier molecular flexibility index (Phi) is 3.78. The van der Waals surface area contributed by atoms with Gasteiger partial charge >= 0.3 is 0 Å². The van der Waals surface area contributed by atoms with Crippen LogP contribution in [0.1, 0.15) is 27.9 Å². The van der Waals surface area contributed by atoms with Gasteiger partial charge in [-0.1, -0.05) is 30.3 Å². The van der Waals surface area contributed by atoms with Crippen LogP contribution in [0.15, 0.2) is 48.5 Å². The number of nitrogens with zero attached hydrogens (tertiary/aromatic N) is 1. The van der Waals surface area contributed by atoms with E-state index >= 15 is 0 Å². The van der Waals surface area contributed by atoms with Crippen LogP contribution < -0.4 is 15.7 Å². The second kappa shape index (κ2) is 5.98. The molecule has 25 heavy (non-hydrogen) atoms. The summed E-state index contributed by atoms with van der Waals surface area (Å²) in [4.78, 5) is 26.5. The molecule has 0 aliphatic carbocycles. The van der Waals surface area contributed by atoms with Crippen LogP contribution in [-0.4, -0.2) is 30.1 Å². The Labute approximate surface area is 145 Å². The lowest BCUT2D eigenvalue weighted by atomic mass is 9.81. The van der Waals surface area contributed by atoms with Gasteiger partial charge in [-0.05, 0) is 42.3 Å². The predicted molar refractivity (Wildman–Crippen MR) is 92.5 cm³/mol. The first-order valence-electron chi connectivity index (χ1n) is 8.31. The smallest absolute Gasteiger partial charge is 0.274 e. The number of para-hydroxylation sites is 1. The summed E-state index contributed by atoms with van der Waals surface area (Å²) in [5, 5.41) is 12.0. The van der Waals surface area contributed by atoms with E-state index in [1.807, 2.05) is 23.1 Å². The van der Waals surface area contributed by atoms with Gasteiger partial charge in [-0.3, -0.25) is 14.8 Å². The first kappa shape index (κ1) is 15.8. The fourth-order valence-electron chi connectivity index (χ4n) is 3.87. The standard InChI is InChI=1S/C19H19N3O3/c23-17(21-25)14-7-5-13(6-8-14)11-22-16-4-2-1-3-15(16)19(18(22)24)9-10-20-12-19/h1-8,20,25H,9-12H2,(H,21,23). The molecule has 0 saturated carbocycles. The van der Waals surface area contributed by atoms with Gasteiger partial charge in [0.1, 0.15) is 0 Å². The Hall–Kier alpha value is -2.70. The van der Waals surface area contributed by atoms with E-state index in [0.717, 1.165) is 29.8 Å². The van der Waals surface area contributed by atoms with Gasteiger partial charge in [-0.2, -0.15) is 0 Å². The van der Waals surface area contributed by atoms with Gasteiger partial charge in [-0.25, -0.2) is 5.48 Å². The zero-order chi connectivity index (χ0) is 17.4. The number of hydrogen-bond acceptors (Lipinski definition) is 4. The molecule has 2 aliphatic heterocycles. The van der Waals surface area contributed by atoms with E-state index in [1.165, 1.54) is 0 Å². The molecule has 0 radical (unpaired) electrons. The van der Waals surface area contributed by atoms with Crippen LogP contribution in [0.4, 0.5) is 5.69 Å². The Bertz CT molecular complexity index is 826. The highest BCUT2D eigenvalue weighted by Gasteiger charge is 2.52. The van der Waals surface area contributed by atoms with Crippen molar-refractivity contribution in [3.8, 4) is 0 Å². The van der Waals surface area contributed by atoms with Gasteiger partial charge in [0, 0.05) is 17.8 Å². The molecule has 2 aliphatic rings. The normalized spacial score (nSPS) is 21.6. The molecule has 6 nitrogen and oxygen atoms in total. The minimum atomic E-state index is -0.551. The molecule has 2 aromatic rings. The molecule has 2 aromatic carbocycles. The highest BCUT2D eigenvalue weighted by Crippen LogP contribution is 2.45. The summed E-state index contributed by atoms with van der Waals surface area (Å²) in [7, 11) is 0. The number of hydroxylamine groups is 1. The Morgan fingerprint density at radius 3 is 2.64 bits per heavy atom. The number of carbonyl (C=O) groups excluding carboxylic acids is 2. The Morgan fingerprint density at radius 1 is 1.20 bits per heavy atom. The molecule has 2 heterocycles. The molecule has 0 bridgehead atoms. The van der Waals surface area contributed by atoms with E-state index in [4.69, 9.17) is 5.21 Å². The van der Waals surface area contributed by atoms with Crippen molar-refractivity contribution in [1.82, 2.24) is 10.8 Å². The Balaban J connectivity index is 1.65. The topological polar surface area (TPSA) is 81.7 Å². The van der Waals surface area contributed by atoms with Crippen molar-refractivity contribution >= 4 is 17.5 Å². The van der Waals surface area contributed by atoms with Crippen LogP contribution >= 0.6 is 0 Å². The van der Waals surface area contributed by atoms with Crippen LogP contribution in [0.2, 0.25) is 0 Å². The molecule has 1 spiro atoms. The second-order valence-corrected chi connectivity index (χ2v) is 6.56. The lowest BCUT2D eigenvalue weighted by Crippen LogP contribution is -2.41. The van der Waals surface area contributed by atoms with E-state index in [-0.39, 0.29) is 5.91 Å². The highest BCUT2D eigenvalue weighted by atomic mass is 16.5. The van der Waals surface area contributed by atoms with Gasteiger partial charge in [0.25, 0.3) is 5.91 Å². The van der Waals surface area contributed by atoms with Gasteiger partial charge in [0.05, 0.1) is 12.0 Å². The van der Waals surface area contributed by atoms with Crippen molar-refractivity contribution < 1.29 is 14.8 Å². The van der Waals surface area contributed by atoms with E-state index in [9.17, 15) is 9.59 Å². The third-order valence-corrected chi connectivity index (χ3v) is 5.18. The summed E-state index contributed by atoms with van der Waals surface area (Å²) >= 11 is 0. The van der Waals surface area contributed by atoms with Gasteiger partial charge in [-0.15, -0.1) is 0 Å².